The molecule has 0 bridgehead atoms. The van der Waals surface area contributed by atoms with Crippen LogP contribution in [0.1, 0.15) is 15.9 Å². The zero-order valence-corrected chi connectivity index (χ0v) is 14.3. The van der Waals surface area contributed by atoms with E-state index in [1.807, 2.05) is 84.9 Å². The third-order valence-electron chi connectivity index (χ3n) is 4.51. The zero-order valence-electron chi connectivity index (χ0n) is 14.3. The van der Waals surface area contributed by atoms with Crippen LogP contribution in [-0.4, -0.2) is 5.78 Å². The van der Waals surface area contributed by atoms with E-state index in [2.05, 4.69) is 24.3 Å². The normalized spacial score (nSPS) is 10.5. The fourth-order valence-corrected chi connectivity index (χ4v) is 3.06. The van der Waals surface area contributed by atoms with Crippen LogP contribution in [0, 0.1) is 0 Å². The highest BCUT2D eigenvalue weighted by Crippen LogP contribution is 2.22. The summed E-state index contributed by atoms with van der Waals surface area (Å²) in [7, 11) is 0. The molecule has 0 radical (unpaired) electrons. The molecule has 0 N–H and O–H groups in total. The molecule has 1 nitrogen and oxygen atoms in total. The van der Waals surface area contributed by atoms with Crippen LogP contribution < -0.4 is 0 Å². The molecule has 124 valence electrons. The second kappa shape index (κ2) is 7.20. The predicted octanol–water partition coefficient (Wildman–Crippen LogP) is 6.25. The molecule has 0 spiro atoms. The average Bonchev–Trinajstić information content (AvgIpc) is 2.75. The summed E-state index contributed by atoms with van der Waals surface area (Å²) in [5.74, 6) is 0.0456. The van der Waals surface area contributed by atoms with E-state index in [9.17, 15) is 4.79 Å². The first-order chi connectivity index (χ1) is 12.8. The van der Waals surface area contributed by atoms with Crippen molar-refractivity contribution in [3.8, 4) is 22.3 Å². The molecule has 4 aromatic carbocycles. The summed E-state index contributed by atoms with van der Waals surface area (Å²) in [6.07, 6.45) is 0. The second-order valence-corrected chi connectivity index (χ2v) is 6.22. The van der Waals surface area contributed by atoms with Crippen molar-refractivity contribution in [3.63, 3.8) is 0 Å². The lowest BCUT2D eigenvalue weighted by molar-refractivity contribution is 0.103. The van der Waals surface area contributed by atoms with Crippen molar-refractivity contribution in [3.05, 3.63) is 120 Å². The Bertz CT molecular complexity index is 914. The van der Waals surface area contributed by atoms with E-state index in [1.54, 1.807) is 0 Å². The third kappa shape index (κ3) is 3.33. The SMILES string of the molecule is O=C(c1ccc(-c2ccccc2)cc1)c1ccc(-c2ccccc2)cc1. The van der Waals surface area contributed by atoms with Crippen LogP contribution in [-0.2, 0) is 0 Å². The van der Waals surface area contributed by atoms with Gasteiger partial charge in [-0.1, -0.05) is 109 Å². The number of carbonyl (C=O) groups excluding carboxylic acids is 1. The summed E-state index contributed by atoms with van der Waals surface area (Å²) < 4.78 is 0. The average molecular weight is 334 g/mol. The number of hydrogen-bond donors (Lipinski definition) is 0. The Morgan fingerprint density at radius 2 is 0.692 bits per heavy atom. The minimum atomic E-state index is 0.0456. The molecule has 0 aliphatic carbocycles. The van der Waals surface area contributed by atoms with Crippen LogP contribution >= 0.6 is 0 Å². The van der Waals surface area contributed by atoms with Crippen LogP contribution in [0.5, 0.6) is 0 Å². The minimum absolute atomic E-state index is 0.0456. The molecule has 0 aromatic heterocycles. The van der Waals surface area contributed by atoms with Gasteiger partial charge in [0.05, 0.1) is 0 Å². The molecule has 0 aliphatic rings. The Morgan fingerprint density at radius 3 is 1.04 bits per heavy atom. The lowest BCUT2D eigenvalue weighted by Crippen LogP contribution is -2.00. The number of carbonyl (C=O) groups is 1. The van der Waals surface area contributed by atoms with Crippen molar-refractivity contribution in [2.75, 3.05) is 0 Å². The van der Waals surface area contributed by atoms with Crippen molar-refractivity contribution in [1.82, 2.24) is 0 Å². The molecule has 1 heteroatoms. The highest BCUT2D eigenvalue weighted by molar-refractivity contribution is 6.09. The van der Waals surface area contributed by atoms with Gasteiger partial charge in [0, 0.05) is 11.1 Å². The zero-order chi connectivity index (χ0) is 17.8. The van der Waals surface area contributed by atoms with Gasteiger partial charge in [0.2, 0.25) is 0 Å². The van der Waals surface area contributed by atoms with Crippen LogP contribution in [0.4, 0.5) is 0 Å². The maximum absolute atomic E-state index is 12.7. The molecule has 0 unspecified atom stereocenters. The molecule has 0 atom stereocenters. The fourth-order valence-electron chi connectivity index (χ4n) is 3.06. The molecule has 0 heterocycles. The monoisotopic (exact) mass is 334 g/mol. The Labute approximate surface area is 153 Å². The van der Waals surface area contributed by atoms with Gasteiger partial charge in [-0.05, 0) is 22.3 Å². The summed E-state index contributed by atoms with van der Waals surface area (Å²) >= 11 is 0. The van der Waals surface area contributed by atoms with E-state index < -0.39 is 0 Å². The first kappa shape index (κ1) is 16.0. The first-order valence-corrected chi connectivity index (χ1v) is 8.67. The summed E-state index contributed by atoms with van der Waals surface area (Å²) in [5.41, 5.74) is 5.94. The summed E-state index contributed by atoms with van der Waals surface area (Å²) in [6.45, 7) is 0. The summed E-state index contributed by atoms with van der Waals surface area (Å²) in [6, 6.07) is 35.9. The third-order valence-corrected chi connectivity index (χ3v) is 4.51. The van der Waals surface area contributed by atoms with Crippen molar-refractivity contribution in [2.24, 2.45) is 0 Å². The molecular weight excluding hydrogens is 316 g/mol. The molecule has 26 heavy (non-hydrogen) atoms. The number of ketones is 1. The van der Waals surface area contributed by atoms with Gasteiger partial charge in [0.25, 0.3) is 0 Å². The number of hydrogen-bond acceptors (Lipinski definition) is 1. The second-order valence-electron chi connectivity index (χ2n) is 6.22. The number of rotatable bonds is 4. The van der Waals surface area contributed by atoms with E-state index in [0.717, 1.165) is 22.3 Å². The van der Waals surface area contributed by atoms with E-state index in [-0.39, 0.29) is 5.78 Å². The van der Waals surface area contributed by atoms with Gasteiger partial charge in [-0.15, -0.1) is 0 Å². The van der Waals surface area contributed by atoms with E-state index in [1.165, 1.54) is 0 Å². The lowest BCUT2D eigenvalue weighted by atomic mass is 9.97. The van der Waals surface area contributed by atoms with Crippen molar-refractivity contribution in [1.29, 1.82) is 0 Å². The first-order valence-electron chi connectivity index (χ1n) is 8.67. The fraction of sp³-hybridized carbons (Fsp3) is 0. The molecule has 4 rings (SSSR count). The van der Waals surface area contributed by atoms with E-state index in [0.29, 0.717) is 11.1 Å². The van der Waals surface area contributed by atoms with Gasteiger partial charge in [0.1, 0.15) is 0 Å². The maximum atomic E-state index is 12.7. The molecule has 0 saturated heterocycles. The number of benzene rings is 4. The Balaban J connectivity index is 1.56. The predicted molar refractivity (Wildman–Crippen MR) is 107 cm³/mol. The van der Waals surface area contributed by atoms with Crippen LogP contribution in [0.3, 0.4) is 0 Å². The van der Waals surface area contributed by atoms with Crippen LogP contribution in [0.25, 0.3) is 22.3 Å². The largest absolute Gasteiger partial charge is 0.289 e. The van der Waals surface area contributed by atoms with Gasteiger partial charge in [-0.25, -0.2) is 0 Å². The molecular formula is C25H18O. The van der Waals surface area contributed by atoms with Gasteiger partial charge in [0.15, 0.2) is 5.78 Å². The van der Waals surface area contributed by atoms with Gasteiger partial charge in [-0.2, -0.15) is 0 Å². The van der Waals surface area contributed by atoms with Crippen molar-refractivity contribution < 1.29 is 4.79 Å². The highest BCUT2D eigenvalue weighted by atomic mass is 16.1. The maximum Gasteiger partial charge on any atom is 0.193 e. The van der Waals surface area contributed by atoms with Gasteiger partial charge < -0.3 is 0 Å². The highest BCUT2D eigenvalue weighted by Gasteiger charge is 2.09. The summed E-state index contributed by atoms with van der Waals surface area (Å²) in [4.78, 5) is 12.7. The smallest absolute Gasteiger partial charge is 0.193 e. The molecule has 4 aromatic rings. The van der Waals surface area contributed by atoms with Crippen LogP contribution in [0.2, 0.25) is 0 Å². The van der Waals surface area contributed by atoms with E-state index >= 15 is 0 Å². The van der Waals surface area contributed by atoms with Crippen LogP contribution in [0.15, 0.2) is 109 Å². The topological polar surface area (TPSA) is 17.1 Å². The van der Waals surface area contributed by atoms with Gasteiger partial charge >= 0.3 is 0 Å². The van der Waals surface area contributed by atoms with Crippen molar-refractivity contribution in [2.45, 2.75) is 0 Å². The van der Waals surface area contributed by atoms with E-state index in [4.69, 9.17) is 0 Å². The molecule has 0 fully saturated rings. The quantitative estimate of drug-likeness (QED) is 0.403. The standard InChI is InChI=1S/C25H18O/c26-25(23-15-11-21(12-16-23)19-7-3-1-4-8-19)24-17-13-22(14-18-24)20-9-5-2-6-10-20/h1-18H. The molecule has 0 amide bonds. The lowest BCUT2D eigenvalue weighted by Gasteiger charge is -2.06. The Morgan fingerprint density at radius 1 is 0.385 bits per heavy atom. The molecule has 0 saturated carbocycles. The summed E-state index contributed by atoms with van der Waals surface area (Å²) in [5, 5.41) is 0. The Hall–Kier alpha value is -3.45. The molecule has 0 aliphatic heterocycles. The van der Waals surface area contributed by atoms with Crippen molar-refractivity contribution >= 4 is 5.78 Å². The van der Waals surface area contributed by atoms with Gasteiger partial charge in [-0.3, -0.25) is 4.79 Å². The minimum Gasteiger partial charge on any atom is -0.289 e. The Kier molecular flexibility index (Phi) is 4.44.